The first-order chi connectivity index (χ1) is 7.29. The molecule has 1 N–H and O–H groups in total. The van der Waals surface area contributed by atoms with Gasteiger partial charge in [0.25, 0.3) is 0 Å². The molecule has 0 amide bonds. The lowest BCUT2D eigenvalue weighted by molar-refractivity contribution is -0.131. The van der Waals surface area contributed by atoms with E-state index in [9.17, 15) is 4.79 Å². The minimum Gasteiger partial charge on any atom is -0.478 e. The summed E-state index contributed by atoms with van der Waals surface area (Å²) in [5, 5.41) is 8.53. The van der Waals surface area contributed by atoms with Crippen molar-refractivity contribution in [3.63, 3.8) is 0 Å². The monoisotopic (exact) mass is 204 g/mol. The molecule has 0 spiro atoms. The van der Waals surface area contributed by atoms with Crippen molar-refractivity contribution in [1.82, 2.24) is 0 Å². The molecule has 0 fully saturated rings. The van der Waals surface area contributed by atoms with Crippen LogP contribution in [-0.4, -0.2) is 11.1 Å². The second-order valence-electron chi connectivity index (χ2n) is 3.47. The number of carboxylic acid groups (broad SMARTS) is 1. The first-order valence-corrected chi connectivity index (χ1v) is 5.22. The molecule has 80 valence electrons. The zero-order chi connectivity index (χ0) is 10.9. The quantitative estimate of drug-likeness (QED) is 0.701. The second kappa shape index (κ2) is 6.82. The number of hydrogen-bond acceptors (Lipinski definition) is 1. The maximum atomic E-state index is 10.4. The van der Waals surface area contributed by atoms with Gasteiger partial charge in [-0.2, -0.15) is 0 Å². The Balaban J connectivity index is 2.66. The van der Waals surface area contributed by atoms with Crippen LogP contribution in [-0.2, 0) is 4.79 Å². The molecule has 1 rings (SSSR count). The van der Waals surface area contributed by atoms with Crippen molar-refractivity contribution in [2.75, 3.05) is 0 Å². The number of carboxylic acids is 1. The van der Waals surface area contributed by atoms with Gasteiger partial charge in [-0.15, -0.1) is 0 Å². The van der Waals surface area contributed by atoms with Crippen LogP contribution in [0.15, 0.2) is 48.1 Å². The standard InChI is InChI=1S/C13H16O2/c14-13(15)11-10-12-8-6-4-2-1-3-5-7-9-12/h1-2,4,6,8,10-11H,3,5,7,9H2,(H,14,15). The van der Waals surface area contributed by atoms with Gasteiger partial charge in [-0.1, -0.05) is 36.5 Å². The average Bonchev–Trinajstić information content (AvgIpc) is 2.23. The van der Waals surface area contributed by atoms with Crippen molar-refractivity contribution in [2.24, 2.45) is 0 Å². The Morgan fingerprint density at radius 3 is 2.93 bits per heavy atom. The third-order valence-corrected chi connectivity index (χ3v) is 2.19. The predicted octanol–water partition coefficient (Wildman–Crippen LogP) is 3.24. The Morgan fingerprint density at radius 1 is 1.27 bits per heavy atom. The predicted molar refractivity (Wildman–Crippen MR) is 61.6 cm³/mol. The van der Waals surface area contributed by atoms with Crippen LogP contribution in [0.5, 0.6) is 0 Å². The maximum absolute atomic E-state index is 10.4. The van der Waals surface area contributed by atoms with E-state index in [2.05, 4.69) is 6.08 Å². The van der Waals surface area contributed by atoms with E-state index in [4.69, 9.17) is 5.11 Å². The van der Waals surface area contributed by atoms with Gasteiger partial charge in [0.15, 0.2) is 0 Å². The molecule has 1 aliphatic rings. The summed E-state index contributed by atoms with van der Waals surface area (Å²) >= 11 is 0. The van der Waals surface area contributed by atoms with Crippen LogP contribution in [0.25, 0.3) is 0 Å². The van der Waals surface area contributed by atoms with Gasteiger partial charge in [0.1, 0.15) is 0 Å². The molecule has 0 heterocycles. The van der Waals surface area contributed by atoms with Crippen LogP contribution in [0.4, 0.5) is 0 Å². The van der Waals surface area contributed by atoms with Crippen molar-refractivity contribution in [3.8, 4) is 0 Å². The van der Waals surface area contributed by atoms with E-state index in [1.807, 2.05) is 24.3 Å². The molecule has 0 saturated carbocycles. The van der Waals surface area contributed by atoms with Gasteiger partial charge in [-0.3, -0.25) is 0 Å². The Labute approximate surface area is 90.3 Å². The normalized spacial score (nSPS) is 17.7. The molecule has 0 bridgehead atoms. The van der Waals surface area contributed by atoms with Crippen molar-refractivity contribution in [3.05, 3.63) is 48.1 Å². The van der Waals surface area contributed by atoms with E-state index in [1.165, 1.54) is 6.08 Å². The zero-order valence-electron chi connectivity index (χ0n) is 8.73. The highest BCUT2D eigenvalue weighted by Gasteiger charge is 1.95. The van der Waals surface area contributed by atoms with Crippen LogP contribution < -0.4 is 0 Å². The third-order valence-electron chi connectivity index (χ3n) is 2.19. The molecule has 0 aromatic carbocycles. The Bertz CT molecular complexity index is 319. The summed E-state index contributed by atoms with van der Waals surface area (Å²) in [6.45, 7) is 0. The van der Waals surface area contributed by atoms with E-state index in [1.54, 1.807) is 6.08 Å². The van der Waals surface area contributed by atoms with Crippen molar-refractivity contribution >= 4 is 5.97 Å². The van der Waals surface area contributed by atoms with Gasteiger partial charge in [0, 0.05) is 6.08 Å². The SMILES string of the molecule is O=C(O)C=CC1=CC=CC=CCCCC1. The highest BCUT2D eigenvalue weighted by atomic mass is 16.4. The Hall–Kier alpha value is -1.57. The summed E-state index contributed by atoms with van der Waals surface area (Å²) in [5.41, 5.74) is 1.07. The lowest BCUT2D eigenvalue weighted by atomic mass is 10.1. The summed E-state index contributed by atoms with van der Waals surface area (Å²) in [6.07, 6.45) is 17.2. The van der Waals surface area contributed by atoms with Gasteiger partial charge in [0.2, 0.25) is 0 Å². The molecule has 0 atom stereocenters. The molecule has 2 nitrogen and oxygen atoms in total. The minimum absolute atomic E-state index is 0.892. The van der Waals surface area contributed by atoms with E-state index in [0.717, 1.165) is 31.3 Å². The highest BCUT2D eigenvalue weighted by molar-refractivity contribution is 5.80. The van der Waals surface area contributed by atoms with Gasteiger partial charge >= 0.3 is 5.97 Å². The molecule has 0 aliphatic heterocycles. The van der Waals surface area contributed by atoms with Gasteiger partial charge < -0.3 is 5.11 Å². The molecule has 0 aromatic rings. The summed E-state index contributed by atoms with van der Waals surface area (Å²) in [7, 11) is 0. The fourth-order valence-electron chi connectivity index (χ4n) is 1.41. The lowest BCUT2D eigenvalue weighted by Gasteiger charge is -2.01. The van der Waals surface area contributed by atoms with Crippen LogP contribution in [0.1, 0.15) is 25.7 Å². The number of allylic oxidation sites excluding steroid dienone is 7. The summed E-state index contributed by atoms with van der Waals surface area (Å²) in [5.74, 6) is -0.892. The van der Waals surface area contributed by atoms with Gasteiger partial charge in [-0.05, 0) is 31.3 Å². The van der Waals surface area contributed by atoms with Crippen molar-refractivity contribution < 1.29 is 9.90 Å². The van der Waals surface area contributed by atoms with E-state index < -0.39 is 5.97 Å². The van der Waals surface area contributed by atoms with Crippen LogP contribution in [0, 0.1) is 0 Å². The Kier molecular flexibility index (Phi) is 5.23. The highest BCUT2D eigenvalue weighted by Crippen LogP contribution is 2.12. The van der Waals surface area contributed by atoms with Crippen LogP contribution in [0.3, 0.4) is 0 Å². The maximum Gasteiger partial charge on any atom is 0.328 e. The van der Waals surface area contributed by atoms with E-state index in [0.29, 0.717) is 0 Å². The zero-order valence-corrected chi connectivity index (χ0v) is 8.73. The molecule has 0 radical (unpaired) electrons. The molecule has 0 unspecified atom stereocenters. The van der Waals surface area contributed by atoms with Gasteiger partial charge in [-0.25, -0.2) is 4.79 Å². The number of rotatable bonds is 2. The topological polar surface area (TPSA) is 37.3 Å². The first kappa shape index (κ1) is 11.5. The molecule has 1 aliphatic carbocycles. The van der Waals surface area contributed by atoms with Crippen LogP contribution in [0.2, 0.25) is 0 Å². The van der Waals surface area contributed by atoms with Crippen molar-refractivity contribution in [2.45, 2.75) is 25.7 Å². The molecular weight excluding hydrogens is 188 g/mol. The molecule has 2 heteroatoms. The number of hydrogen-bond donors (Lipinski definition) is 1. The Morgan fingerprint density at radius 2 is 2.13 bits per heavy atom. The number of carbonyl (C=O) groups is 1. The largest absolute Gasteiger partial charge is 0.478 e. The smallest absolute Gasteiger partial charge is 0.328 e. The van der Waals surface area contributed by atoms with E-state index >= 15 is 0 Å². The summed E-state index contributed by atoms with van der Waals surface area (Å²) in [4.78, 5) is 10.4. The molecule has 0 aromatic heterocycles. The third kappa shape index (κ3) is 5.68. The second-order valence-corrected chi connectivity index (χ2v) is 3.47. The fraction of sp³-hybridized carbons (Fsp3) is 0.308. The number of aliphatic carboxylic acids is 1. The van der Waals surface area contributed by atoms with Gasteiger partial charge in [0.05, 0.1) is 0 Å². The lowest BCUT2D eigenvalue weighted by Crippen LogP contribution is -1.88. The summed E-state index contributed by atoms with van der Waals surface area (Å²) < 4.78 is 0. The average molecular weight is 204 g/mol. The molecule has 0 saturated heterocycles. The van der Waals surface area contributed by atoms with Crippen molar-refractivity contribution in [1.29, 1.82) is 0 Å². The van der Waals surface area contributed by atoms with Crippen LogP contribution >= 0.6 is 0 Å². The summed E-state index contributed by atoms with van der Waals surface area (Å²) in [6, 6.07) is 0. The van der Waals surface area contributed by atoms with E-state index in [-0.39, 0.29) is 0 Å². The minimum atomic E-state index is -0.892. The first-order valence-electron chi connectivity index (χ1n) is 5.22. The fourth-order valence-corrected chi connectivity index (χ4v) is 1.41. The molecular formula is C13H16O2. The molecule has 15 heavy (non-hydrogen) atoms.